The summed E-state index contributed by atoms with van der Waals surface area (Å²) in [5.41, 5.74) is 7.71. The second-order valence-corrected chi connectivity index (χ2v) is 5.09. The summed E-state index contributed by atoms with van der Waals surface area (Å²) in [4.78, 5) is 4.20. The van der Waals surface area contributed by atoms with Crippen molar-refractivity contribution in [3.63, 3.8) is 0 Å². The zero-order valence-corrected chi connectivity index (χ0v) is 12.0. The van der Waals surface area contributed by atoms with Gasteiger partial charge in [-0.2, -0.15) is 0 Å². The van der Waals surface area contributed by atoms with Gasteiger partial charge in [0, 0.05) is 30.4 Å². The minimum absolute atomic E-state index is 0.202. The molecule has 2 N–H and O–H groups in total. The summed E-state index contributed by atoms with van der Waals surface area (Å²) >= 11 is 0. The van der Waals surface area contributed by atoms with Gasteiger partial charge in [0.05, 0.1) is 19.1 Å². The standard InChI is InChI=1S/C15H20FN3O/c1-10(2)12(7-17)14-8-18-9-19(14)11-4-5-13(16)15(6-11)20-3/h4-6,8-10,12H,7,17H2,1-3H3. The Morgan fingerprint density at radius 3 is 2.75 bits per heavy atom. The van der Waals surface area contributed by atoms with Crippen molar-refractivity contribution in [1.82, 2.24) is 9.55 Å². The molecule has 20 heavy (non-hydrogen) atoms. The van der Waals surface area contributed by atoms with E-state index >= 15 is 0 Å². The molecule has 1 aromatic heterocycles. The van der Waals surface area contributed by atoms with E-state index in [0.717, 1.165) is 11.4 Å². The number of nitrogens with two attached hydrogens (primary N) is 1. The van der Waals surface area contributed by atoms with Crippen LogP contribution < -0.4 is 10.5 Å². The number of benzene rings is 1. The molecule has 2 rings (SSSR count). The number of nitrogens with zero attached hydrogens (tertiary/aromatic N) is 2. The highest BCUT2D eigenvalue weighted by Gasteiger charge is 2.19. The van der Waals surface area contributed by atoms with Gasteiger partial charge in [0.25, 0.3) is 0 Å². The van der Waals surface area contributed by atoms with Crippen LogP contribution in [0, 0.1) is 11.7 Å². The van der Waals surface area contributed by atoms with E-state index in [1.165, 1.54) is 13.2 Å². The van der Waals surface area contributed by atoms with Crippen LogP contribution in [0.1, 0.15) is 25.5 Å². The van der Waals surface area contributed by atoms with Crippen LogP contribution in [-0.4, -0.2) is 23.2 Å². The van der Waals surface area contributed by atoms with Gasteiger partial charge in [-0.15, -0.1) is 0 Å². The highest BCUT2D eigenvalue weighted by Crippen LogP contribution is 2.27. The van der Waals surface area contributed by atoms with Crippen LogP contribution in [0.5, 0.6) is 5.75 Å². The van der Waals surface area contributed by atoms with E-state index in [4.69, 9.17) is 10.5 Å². The smallest absolute Gasteiger partial charge is 0.165 e. The summed E-state index contributed by atoms with van der Waals surface area (Å²) in [5, 5.41) is 0. The van der Waals surface area contributed by atoms with E-state index in [-0.39, 0.29) is 17.5 Å². The largest absolute Gasteiger partial charge is 0.494 e. The lowest BCUT2D eigenvalue weighted by atomic mass is 9.93. The third-order valence-electron chi connectivity index (χ3n) is 3.52. The van der Waals surface area contributed by atoms with Crippen LogP contribution in [0.2, 0.25) is 0 Å². The third kappa shape index (κ3) is 2.67. The second-order valence-electron chi connectivity index (χ2n) is 5.09. The van der Waals surface area contributed by atoms with Gasteiger partial charge in [0.15, 0.2) is 11.6 Å². The first-order chi connectivity index (χ1) is 9.58. The molecule has 5 heteroatoms. The fourth-order valence-electron chi connectivity index (χ4n) is 2.33. The molecule has 0 radical (unpaired) electrons. The Labute approximate surface area is 118 Å². The Morgan fingerprint density at radius 2 is 2.15 bits per heavy atom. The maximum atomic E-state index is 13.5. The molecule has 0 aliphatic rings. The van der Waals surface area contributed by atoms with Crippen molar-refractivity contribution in [1.29, 1.82) is 0 Å². The quantitative estimate of drug-likeness (QED) is 0.914. The highest BCUT2D eigenvalue weighted by molar-refractivity contribution is 5.42. The van der Waals surface area contributed by atoms with Crippen molar-refractivity contribution >= 4 is 0 Å². The predicted octanol–water partition coefficient (Wildman–Crippen LogP) is 2.72. The Balaban J connectivity index is 2.46. The first-order valence-corrected chi connectivity index (χ1v) is 6.64. The molecule has 0 amide bonds. The lowest BCUT2D eigenvalue weighted by Crippen LogP contribution is -2.20. The zero-order chi connectivity index (χ0) is 14.7. The molecule has 1 unspecified atom stereocenters. The van der Waals surface area contributed by atoms with Crippen LogP contribution >= 0.6 is 0 Å². The third-order valence-corrected chi connectivity index (χ3v) is 3.52. The number of hydrogen-bond acceptors (Lipinski definition) is 3. The maximum Gasteiger partial charge on any atom is 0.165 e. The fraction of sp³-hybridized carbons (Fsp3) is 0.400. The number of halogens is 1. The van der Waals surface area contributed by atoms with Crippen molar-refractivity contribution in [3.05, 3.63) is 42.2 Å². The molecule has 0 saturated heterocycles. The van der Waals surface area contributed by atoms with Crippen LogP contribution in [-0.2, 0) is 0 Å². The van der Waals surface area contributed by atoms with E-state index in [1.807, 2.05) is 10.8 Å². The van der Waals surface area contributed by atoms with Crippen molar-refractivity contribution in [2.75, 3.05) is 13.7 Å². The molecule has 1 heterocycles. The van der Waals surface area contributed by atoms with E-state index < -0.39 is 0 Å². The monoisotopic (exact) mass is 277 g/mol. The van der Waals surface area contributed by atoms with E-state index in [2.05, 4.69) is 18.8 Å². The molecule has 4 nitrogen and oxygen atoms in total. The summed E-state index contributed by atoms with van der Waals surface area (Å²) in [6, 6.07) is 4.76. The van der Waals surface area contributed by atoms with Crippen molar-refractivity contribution in [3.8, 4) is 11.4 Å². The van der Waals surface area contributed by atoms with Gasteiger partial charge >= 0.3 is 0 Å². The molecule has 0 aliphatic carbocycles. The zero-order valence-electron chi connectivity index (χ0n) is 12.0. The Morgan fingerprint density at radius 1 is 1.40 bits per heavy atom. The van der Waals surface area contributed by atoms with Gasteiger partial charge in [-0.25, -0.2) is 9.37 Å². The summed E-state index contributed by atoms with van der Waals surface area (Å²) in [7, 11) is 1.45. The van der Waals surface area contributed by atoms with E-state index in [0.29, 0.717) is 12.5 Å². The van der Waals surface area contributed by atoms with Crippen molar-refractivity contribution in [2.45, 2.75) is 19.8 Å². The second kappa shape index (κ2) is 6.05. The molecule has 0 fully saturated rings. The van der Waals surface area contributed by atoms with Gasteiger partial charge in [0.2, 0.25) is 0 Å². The average Bonchev–Trinajstić information content (AvgIpc) is 2.89. The minimum Gasteiger partial charge on any atom is -0.494 e. The molecule has 0 bridgehead atoms. The lowest BCUT2D eigenvalue weighted by Gasteiger charge is -2.21. The summed E-state index contributed by atoms with van der Waals surface area (Å²) in [5.74, 6) is 0.444. The molecule has 1 aromatic carbocycles. The fourth-order valence-corrected chi connectivity index (χ4v) is 2.33. The number of rotatable bonds is 5. The predicted molar refractivity (Wildman–Crippen MR) is 76.7 cm³/mol. The molecule has 2 aromatic rings. The van der Waals surface area contributed by atoms with E-state index in [1.54, 1.807) is 18.5 Å². The first kappa shape index (κ1) is 14.5. The molecule has 1 atom stereocenters. The number of hydrogen-bond donors (Lipinski definition) is 1. The Kier molecular flexibility index (Phi) is 4.39. The minimum atomic E-state index is -0.378. The number of methoxy groups -OCH3 is 1. The molecule has 0 aliphatic heterocycles. The molecular formula is C15H20FN3O. The van der Waals surface area contributed by atoms with Crippen LogP contribution in [0.15, 0.2) is 30.7 Å². The van der Waals surface area contributed by atoms with Gasteiger partial charge in [-0.1, -0.05) is 13.8 Å². The maximum absolute atomic E-state index is 13.5. The number of aromatic nitrogens is 2. The van der Waals surface area contributed by atoms with Gasteiger partial charge in [-0.3, -0.25) is 0 Å². The van der Waals surface area contributed by atoms with Gasteiger partial charge < -0.3 is 15.0 Å². The highest BCUT2D eigenvalue weighted by atomic mass is 19.1. The summed E-state index contributed by atoms with van der Waals surface area (Å²) in [6.07, 6.45) is 3.53. The van der Waals surface area contributed by atoms with Crippen molar-refractivity contribution in [2.24, 2.45) is 11.7 Å². The SMILES string of the molecule is COc1cc(-n2cncc2C(CN)C(C)C)ccc1F. The number of ether oxygens (including phenoxy) is 1. The topological polar surface area (TPSA) is 53.1 Å². The van der Waals surface area contributed by atoms with Crippen LogP contribution in [0.3, 0.4) is 0 Å². The molecule has 108 valence electrons. The van der Waals surface area contributed by atoms with Gasteiger partial charge in [0.1, 0.15) is 0 Å². The normalized spacial score (nSPS) is 12.7. The Bertz CT molecular complexity index is 580. The van der Waals surface area contributed by atoms with E-state index in [9.17, 15) is 4.39 Å². The first-order valence-electron chi connectivity index (χ1n) is 6.64. The lowest BCUT2D eigenvalue weighted by molar-refractivity contribution is 0.386. The van der Waals surface area contributed by atoms with Crippen LogP contribution in [0.4, 0.5) is 4.39 Å². The molecular weight excluding hydrogens is 257 g/mol. The van der Waals surface area contributed by atoms with Gasteiger partial charge in [-0.05, 0) is 18.1 Å². The molecule has 0 saturated carbocycles. The average molecular weight is 277 g/mol. The molecule has 0 spiro atoms. The van der Waals surface area contributed by atoms with Crippen LogP contribution in [0.25, 0.3) is 5.69 Å². The summed E-state index contributed by atoms with van der Waals surface area (Å²) in [6.45, 7) is 4.79. The van der Waals surface area contributed by atoms with Crippen molar-refractivity contribution < 1.29 is 9.13 Å². The number of imidazole rings is 1. The Hall–Kier alpha value is -1.88. The summed E-state index contributed by atoms with van der Waals surface area (Å²) < 4.78 is 20.4.